The third-order valence-electron chi connectivity index (χ3n) is 2.39. The minimum atomic E-state index is -2.96. The van der Waals surface area contributed by atoms with Crippen LogP contribution in [0, 0.1) is 5.82 Å². The van der Waals surface area contributed by atoms with Gasteiger partial charge in [-0.15, -0.1) is 0 Å². The number of hydrogen-bond donors (Lipinski definition) is 1. The number of benzene rings is 1. The SMILES string of the molecule is CS(=O)(=O)CCCC(N)c1cc(F)ccc1Br. The van der Waals surface area contributed by atoms with E-state index in [0.717, 1.165) is 4.47 Å². The molecule has 0 aliphatic carbocycles. The van der Waals surface area contributed by atoms with Crippen molar-refractivity contribution in [3.05, 3.63) is 34.1 Å². The maximum absolute atomic E-state index is 13.0. The van der Waals surface area contributed by atoms with Crippen LogP contribution < -0.4 is 5.73 Å². The molecule has 1 aromatic carbocycles. The molecule has 0 heterocycles. The quantitative estimate of drug-likeness (QED) is 0.905. The predicted octanol–water partition coefficient (Wildman–Crippen LogP) is 2.41. The zero-order chi connectivity index (χ0) is 13.1. The summed E-state index contributed by atoms with van der Waals surface area (Å²) in [7, 11) is -2.96. The van der Waals surface area contributed by atoms with E-state index in [1.807, 2.05) is 0 Å². The molecule has 0 bridgehead atoms. The molecule has 0 aromatic heterocycles. The summed E-state index contributed by atoms with van der Waals surface area (Å²) in [6, 6.07) is 3.95. The van der Waals surface area contributed by atoms with Crippen LogP contribution in [-0.4, -0.2) is 20.4 Å². The maximum atomic E-state index is 13.0. The van der Waals surface area contributed by atoms with Gasteiger partial charge in [-0.2, -0.15) is 0 Å². The molecule has 0 amide bonds. The molecule has 2 N–H and O–H groups in total. The Morgan fingerprint density at radius 1 is 1.47 bits per heavy atom. The molecule has 17 heavy (non-hydrogen) atoms. The fourth-order valence-corrected chi connectivity index (χ4v) is 2.75. The highest BCUT2D eigenvalue weighted by molar-refractivity contribution is 9.10. The van der Waals surface area contributed by atoms with Crippen LogP contribution in [0.4, 0.5) is 4.39 Å². The molecule has 0 fully saturated rings. The topological polar surface area (TPSA) is 60.2 Å². The van der Waals surface area contributed by atoms with Gasteiger partial charge in [0.25, 0.3) is 0 Å². The van der Waals surface area contributed by atoms with E-state index in [-0.39, 0.29) is 17.6 Å². The Labute approximate surface area is 109 Å². The van der Waals surface area contributed by atoms with Crippen molar-refractivity contribution in [2.24, 2.45) is 5.73 Å². The molecule has 1 aromatic rings. The predicted molar refractivity (Wildman–Crippen MR) is 70.0 cm³/mol. The second-order valence-corrected chi connectivity index (χ2v) is 7.16. The number of sulfone groups is 1. The van der Waals surface area contributed by atoms with Crippen molar-refractivity contribution in [1.82, 2.24) is 0 Å². The molecule has 0 saturated carbocycles. The van der Waals surface area contributed by atoms with Gasteiger partial charge in [-0.3, -0.25) is 0 Å². The summed E-state index contributed by atoms with van der Waals surface area (Å²) in [5, 5.41) is 0. The zero-order valence-electron chi connectivity index (χ0n) is 9.49. The first-order valence-electron chi connectivity index (χ1n) is 5.18. The van der Waals surface area contributed by atoms with Crippen LogP contribution in [0.15, 0.2) is 22.7 Å². The van der Waals surface area contributed by atoms with Crippen molar-refractivity contribution in [2.45, 2.75) is 18.9 Å². The Morgan fingerprint density at radius 3 is 2.71 bits per heavy atom. The van der Waals surface area contributed by atoms with Crippen LogP contribution in [-0.2, 0) is 9.84 Å². The highest BCUT2D eigenvalue weighted by Crippen LogP contribution is 2.25. The van der Waals surface area contributed by atoms with E-state index in [1.54, 1.807) is 6.07 Å². The summed E-state index contributed by atoms with van der Waals surface area (Å²) in [6.45, 7) is 0. The zero-order valence-corrected chi connectivity index (χ0v) is 11.9. The lowest BCUT2D eigenvalue weighted by atomic mass is 10.0. The van der Waals surface area contributed by atoms with Gasteiger partial charge in [0.05, 0.1) is 0 Å². The van der Waals surface area contributed by atoms with Gasteiger partial charge in [0.1, 0.15) is 15.7 Å². The van der Waals surface area contributed by atoms with Crippen LogP contribution in [0.2, 0.25) is 0 Å². The van der Waals surface area contributed by atoms with E-state index < -0.39 is 9.84 Å². The van der Waals surface area contributed by atoms with Gasteiger partial charge in [-0.25, -0.2) is 12.8 Å². The molecule has 1 rings (SSSR count). The first-order valence-corrected chi connectivity index (χ1v) is 8.03. The average molecular weight is 324 g/mol. The van der Waals surface area contributed by atoms with Crippen molar-refractivity contribution in [1.29, 1.82) is 0 Å². The Bertz CT molecular complexity index is 490. The summed E-state index contributed by atoms with van der Waals surface area (Å²) in [5.74, 6) is -0.241. The van der Waals surface area contributed by atoms with Crippen molar-refractivity contribution in [3.63, 3.8) is 0 Å². The first-order chi connectivity index (χ1) is 7.79. The lowest BCUT2D eigenvalue weighted by Crippen LogP contribution is -2.13. The monoisotopic (exact) mass is 323 g/mol. The first kappa shape index (κ1) is 14.6. The molecule has 1 atom stereocenters. The van der Waals surface area contributed by atoms with E-state index in [4.69, 9.17) is 5.73 Å². The normalized spacial score (nSPS) is 13.6. The smallest absolute Gasteiger partial charge is 0.147 e. The lowest BCUT2D eigenvalue weighted by molar-refractivity contribution is 0.583. The van der Waals surface area contributed by atoms with Crippen molar-refractivity contribution < 1.29 is 12.8 Å². The number of rotatable bonds is 5. The maximum Gasteiger partial charge on any atom is 0.147 e. The van der Waals surface area contributed by atoms with E-state index in [0.29, 0.717) is 18.4 Å². The molecule has 3 nitrogen and oxygen atoms in total. The Balaban J connectivity index is 2.64. The van der Waals surface area contributed by atoms with Crippen LogP contribution >= 0.6 is 15.9 Å². The van der Waals surface area contributed by atoms with E-state index in [2.05, 4.69) is 15.9 Å². The molecule has 0 aliphatic heterocycles. The molecular formula is C11H15BrFNO2S. The Morgan fingerprint density at radius 2 is 2.12 bits per heavy atom. The number of hydrogen-bond acceptors (Lipinski definition) is 3. The Hall–Kier alpha value is -0.460. The second-order valence-electron chi connectivity index (χ2n) is 4.04. The number of halogens is 2. The van der Waals surface area contributed by atoms with Crippen LogP contribution in [0.5, 0.6) is 0 Å². The van der Waals surface area contributed by atoms with E-state index in [9.17, 15) is 12.8 Å². The average Bonchev–Trinajstić information content (AvgIpc) is 2.19. The van der Waals surface area contributed by atoms with Crippen molar-refractivity contribution in [2.75, 3.05) is 12.0 Å². The minimum Gasteiger partial charge on any atom is -0.324 e. The van der Waals surface area contributed by atoms with Crippen LogP contribution in [0.3, 0.4) is 0 Å². The van der Waals surface area contributed by atoms with Gasteiger partial charge in [0.15, 0.2) is 0 Å². The van der Waals surface area contributed by atoms with Crippen LogP contribution in [0.25, 0.3) is 0 Å². The molecule has 0 aliphatic rings. The minimum absolute atomic E-state index is 0.105. The summed E-state index contributed by atoms with van der Waals surface area (Å²) in [4.78, 5) is 0. The highest BCUT2D eigenvalue weighted by Gasteiger charge is 2.12. The summed E-state index contributed by atoms with van der Waals surface area (Å²) in [5.41, 5.74) is 6.57. The largest absolute Gasteiger partial charge is 0.324 e. The molecular weight excluding hydrogens is 309 g/mol. The van der Waals surface area contributed by atoms with Crippen molar-refractivity contribution in [3.8, 4) is 0 Å². The van der Waals surface area contributed by atoms with Crippen LogP contribution in [0.1, 0.15) is 24.4 Å². The third-order valence-corrected chi connectivity index (χ3v) is 4.14. The standard InChI is InChI=1S/C11H15BrFNO2S/c1-17(15,16)6-2-3-11(14)9-7-8(13)4-5-10(9)12/h4-5,7,11H,2-3,6,14H2,1H3. The fourth-order valence-electron chi connectivity index (χ4n) is 1.52. The van der Waals surface area contributed by atoms with E-state index in [1.165, 1.54) is 18.4 Å². The Kier molecular flexibility index (Phi) is 5.09. The lowest BCUT2D eigenvalue weighted by Gasteiger charge is -2.13. The van der Waals surface area contributed by atoms with Crippen molar-refractivity contribution >= 4 is 25.8 Å². The summed E-state index contributed by atoms with van der Waals surface area (Å²) in [6.07, 6.45) is 2.18. The summed E-state index contributed by atoms with van der Waals surface area (Å²) < 4.78 is 35.7. The van der Waals surface area contributed by atoms with Gasteiger partial charge in [-0.05, 0) is 36.6 Å². The summed E-state index contributed by atoms with van der Waals surface area (Å²) >= 11 is 3.30. The molecule has 0 spiro atoms. The number of nitrogens with two attached hydrogens (primary N) is 1. The van der Waals surface area contributed by atoms with E-state index >= 15 is 0 Å². The third kappa shape index (κ3) is 5.14. The molecule has 96 valence electrons. The molecule has 6 heteroatoms. The van der Waals surface area contributed by atoms with Gasteiger partial charge in [-0.1, -0.05) is 15.9 Å². The second kappa shape index (κ2) is 5.93. The molecule has 0 radical (unpaired) electrons. The van der Waals surface area contributed by atoms with Gasteiger partial charge >= 0.3 is 0 Å². The highest BCUT2D eigenvalue weighted by atomic mass is 79.9. The molecule has 0 saturated heterocycles. The van der Waals surface area contributed by atoms with Gasteiger partial charge in [0, 0.05) is 22.5 Å². The van der Waals surface area contributed by atoms with Gasteiger partial charge < -0.3 is 5.73 Å². The fraction of sp³-hybridized carbons (Fsp3) is 0.455. The molecule has 1 unspecified atom stereocenters. The van der Waals surface area contributed by atoms with Gasteiger partial charge in [0.2, 0.25) is 0 Å².